The fraction of sp³-hybridized carbons (Fsp3) is 0.435. The number of hydrogen-bond donors (Lipinski definition) is 1. The van der Waals surface area contributed by atoms with E-state index in [-0.39, 0.29) is 29.9 Å². The van der Waals surface area contributed by atoms with Gasteiger partial charge in [0.2, 0.25) is 5.91 Å². The quantitative estimate of drug-likeness (QED) is 0.658. The molecule has 3 aromatic rings. The van der Waals surface area contributed by atoms with E-state index in [1.54, 1.807) is 4.90 Å². The molecule has 1 N–H and O–H groups in total. The topological polar surface area (TPSA) is 82.9 Å². The first-order chi connectivity index (χ1) is 15.5. The van der Waals surface area contributed by atoms with E-state index in [0.717, 1.165) is 37.2 Å². The van der Waals surface area contributed by atoms with E-state index in [0.29, 0.717) is 36.4 Å². The molecule has 2 aliphatic heterocycles. The Kier molecular flexibility index (Phi) is 5.52. The zero-order chi connectivity index (χ0) is 22.2. The van der Waals surface area contributed by atoms with E-state index in [2.05, 4.69) is 10.00 Å². The van der Waals surface area contributed by atoms with Crippen LogP contribution in [0, 0.1) is 5.82 Å². The SMILES string of the molecule is COCC(=O)N1CCc2c(nc3cc([C@@H]4CCCN4Cc4ccc(F)cc4)[nH]n3c2=O)C1. The molecule has 168 valence electrons. The van der Waals surface area contributed by atoms with Gasteiger partial charge in [0, 0.05) is 31.8 Å². The van der Waals surface area contributed by atoms with Crippen molar-refractivity contribution in [2.45, 2.75) is 38.4 Å². The molecule has 0 aliphatic carbocycles. The van der Waals surface area contributed by atoms with Crippen molar-refractivity contribution >= 4 is 11.6 Å². The largest absolute Gasteiger partial charge is 0.375 e. The standard InChI is InChI=1S/C23H26FN5O3/c1-32-14-22(30)28-10-8-17-19(13-28)25-21-11-18(26-29(21)23(17)31)20-3-2-9-27(20)12-15-4-6-16(24)7-5-15/h4-7,11,20,26H,2-3,8-10,12-14H2,1H3/t20-/m0/s1. The van der Waals surface area contributed by atoms with Crippen molar-refractivity contribution in [2.24, 2.45) is 0 Å². The van der Waals surface area contributed by atoms with Gasteiger partial charge in [-0.3, -0.25) is 19.6 Å². The van der Waals surface area contributed by atoms with Crippen LogP contribution in [0.4, 0.5) is 4.39 Å². The average Bonchev–Trinajstić information content (AvgIpc) is 3.42. The van der Waals surface area contributed by atoms with Gasteiger partial charge in [0.15, 0.2) is 5.65 Å². The van der Waals surface area contributed by atoms with Crippen LogP contribution in [0.25, 0.3) is 5.65 Å². The number of hydrogen-bond acceptors (Lipinski definition) is 5. The molecule has 4 heterocycles. The minimum atomic E-state index is -0.237. The number of likely N-dealkylation sites (tertiary alicyclic amines) is 1. The molecule has 0 spiro atoms. The van der Waals surface area contributed by atoms with Crippen LogP contribution in [0.2, 0.25) is 0 Å². The predicted octanol–water partition coefficient (Wildman–Crippen LogP) is 2.03. The number of rotatable bonds is 5. The third-order valence-corrected chi connectivity index (χ3v) is 6.43. The van der Waals surface area contributed by atoms with Crippen LogP contribution in [0.15, 0.2) is 35.1 Å². The Labute approximate surface area is 184 Å². The van der Waals surface area contributed by atoms with Gasteiger partial charge in [0.25, 0.3) is 5.56 Å². The lowest BCUT2D eigenvalue weighted by Crippen LogP contribution is -2.41. The number of carbonyl (C=O) groups excluding carboxylic acids is 1. The Morgan fingerprint density at radius 2 is 2.09 bits per heavy atom. The first-order valence-corrected chi connectivity index (χ1v) is 10.9. The molecule has 1 aromatic carbocycles. The van der Waals surface area contributed by atoms with E-state index in [1.165, 1.54) is 23.8 Å². The molecule has 0 bridgehead atoms. The summed E-state index contributed by atoms with van der Waals surface area (Å²) in [7, 11) is 1.49. The number of H-pyrrole nitrogens is 1. The van der Waals surface area contributed by atoms with Crippen LogP contribution >= 0.6 is 0 Å². The van der Waals surface area contributed by atoms with Gasteiger partial charge in [-0.1, -0.05) is 12.1 Å². The number of benzene rings is 1. The number of amides is 1. The number of carbonyl (C=O) groups is 1. The summed E-state index contributed by atoms with van der Waals surface area (Å²) in [5.41, 5.74) is 3.79. The number of aromatic nitrogens is 3. The monoisotopic (exact) mass is 439 g/mol. The van der Waals surface area contributed by atoms with Gasteiger partial charge < -0.3 is 9.64 Å². The highest BCUT2D eigenvalue weighted by molar-refractivity contribution is 5.77. The second-order valence-electron chi connectivity index (χ2n) is 8.50. The summed E-state index contributed by atoms with van der Waals surface area (Å²) in [4.78, 5) is 34.1. The zero-order valence-electron chi connectivity index (χ0n) is 18.0. The first-order valence-electron chi connectivity index (χ1n) is 10.9. The summed E-state index contributed by atoms with van der Waals surface area (Å²) < 4.78 is 19.7. The molecule has 0 unspecified atom stereocenters. The Morgan fingerprint density at radius 1 is 1.28 bits per heavy atom. The maximum Gasteiger partial charge on any atom is 0.276 e. The summed E-state index contributed by atoms with van der Waals surface area (Å²) in [5, 5.41) is 3.27. The second-order valence-corrected chi connectivity index (χ2v) is 8.50. The molecule has 1 fully saturated rings. The zero-order valence-corrected chi connectivity index (χ0v) is 18.0. The van der Waals surface area contributed by atoms with E-state index < -0.39 is 0 Å². The van der Waals surface area contributed by atoms with Crippen LogP contribution in [0.1, 0.15) is 41.4 Å². The van der Waals surface area contributed by atoms with Crippen molar-refractivity contribution in [3.05, 3.63) is 69.0 Å². The molecule has 1 amide bonds. The van der Waals surface area contributed by atoms with Gasteiger partial charge in [-0.2, -0.15) is 0 Å². The molecule has 1 atom stereocenters. The van der Waals surface area contributed by atoms with Crippen LogP contribution in [0.3, 0.4) is 0 Å². The third kappa shape index (κ3) is 3.82. The lowest BCUT2D eigenvalue weighted by atomic mass is 10.1. The third-order valence-electron chi connectivity index (χ3n) is 6.43. The predicted molar refractivity (Wildman–Crippen MR) is 116 cm³/mol. The molecule has 32 heavy (non-hydrogen) atoms. The maximum atomic E-state index is 13.2. The Bertz CT molecular complexity index is 1200. The van der Waals surface area contributed by atoms with E-state index in [1.807, 2.05) is 18.2 Å². The summed E-state index contributed by atoms with van der Waals surface area (Å²) >= 11 is 0. The molecule has 2 aliphatic rings. The highest BCUT2D eigenvalue weighted by Crippen LogP contribution is 2.33. The molecular formula is C23H26FN5O3. The minimum absolute atomic E-state index is 0.0242. The van der Waals surface area contributed by atoms with Gasteiger partial charge in [-0.05, 0) is 43.5 Å². The van der Waals surface area contributed by atoms with Crippen LogP contribution in [-0.4, -0.2) is 57.1 Å². The van der Waals surface area contributed by atoms with Crippen molar-refractivity contribution in [2.75, 3.05) is 26.8 Å². The summed E-state index contributed by atoms with van der Waals surface area (Å²) in [6.45, 7) is 2.49. The van der Waals surface area contributed by atoms with Crippen molar-refractivity contribution in [1.82, 2.24) is 24.4 Å². The molecule has 1 saturated heterocycles. The summed E-state index contributed by atoms with van der Waals surface area (Å²) in [6, 6.07) is 8.67. The first kappa shape index (κ1) is 20.8. The van der Waals surface area contributed by atoms with Crippen LogP contribution in [0.5, 0.6) is 0 Å². The van der Waals surface area contributed by atoms with Gasteiger partial charge in [0.05, 0.1) is 24.0 Å². The van der Waals surface area contributed by atoms with Gasteiger partial charge in [-0.25, -0.2) is 13.9 Å². The molecule has 0 saturated carbocycles. The molecule has 9 heteroatoms. The highest BCUT2D eigenvalue weighted by atomic mass is 19.1. The van der Waals surface area contributed by atoms with Gasteiger partial charge in [0.1, 0.15) is 12.4 Å². The lowest BCUT2D eigenvalue weighted by Gasteiger charge is -2.27. The normalized spacial score (nSPS) is 18.9. The van der Waals surface area contributed by atoms with Crippen molar-refractivity contribution in [1.29, 1.82) is 0 Å². The molecular weight excluding hydrogens is 413 g/mol. The van der Waals surface area contributed by atoms with E-state index in [4.69, 9.17) is 9.72 Å². The van der Waals surface area contributed by atoms with Crippen LogP contribution < -0.4 is 5.56 Å². The van der Waals surface area contributed by atoms with E-state index in [9.17, 15) is 14.0 Å². The number of fused-ring (bicyclic) bond motifs is 2. The fourth-order valence-electron chi connectivity index (χ4n) is 4.80. The van der Waals surface area contributed by atoms with Crippen molar-refractivity contribution < 1.29 is 13.9 Å². The number of halogens is 1. The summed E-state index contributed by atoms with van der Waals surface area (Å²) in [5.74, 6) is -0.337. The fourth-order valence-corrected chi connectivity index (χ4v) is 4.80. The molecule has 0 radical (unpaired) electrons. The molecule has 2 aromatic heterocycles. The number of methoxy groups -OCH3 is 1. The van der Waals surface area contributed by atoms with E-state index >= 15 is 0 Å². The Balaban J connectivity index is 1.42. The van der Waals surface area contributed by atoms with Gasteiger partial charge in [-0.15, -0.1) is 0 Å². The Hall–Kier alpha value is -3.04. The number of nitrogens with one attached hydrogen (secondary N) is 1. The molecule has 8 nitrogen and oxygen atoms in total. The average molecular weight is 439 g/mol. The van der Waals surface area contributed by atoms with Crippen molar-refractivity contribution in [3.63, 3.8) is 0 Å². The highest BCUT2D eigenvalue weighted by Gasteiger charge is 2.29. The smallest absolute Gasteiger partial charge is 0.276 e. The molecule has 5 rings (SSSR count). The van der Waals surface area contributed by atoms with Gasteiger partial charge >= 0.3 is 0 Å². The lowest BCUT2D eigenvalue weighted by molar-refractivity contribution is -0.136. The Morgan fingerprint density at radius 3 is 2.88 bits per heavy atom. The summed E-state index contributed by atoms with van der Waals surface area (Å²) in [6.07, 6.45) is 2.51. The van der Waals surface area contributed by atoms with Crippen molar-refractivity contribution in [3.8, 4) is 0 Å². The minimum Gasteiger partial charge on any atom is -0.375 e. The second kappa shape index (κ2) is 8.48. The number of nitrogens with zero attached hydrogens (tertiary/aromatic N) is 4. The van der Waals surface area contributed by atoms with Crippen LogP contribution in [-0.2, 0) is 29.0 Å². The number of aromatic amines is 1. The number of ether oxygens (including phenoxy) is 1. The maximum absolute atomic E-state index is 13.2.